The molecule has 2 nitrogen and oxygen atoms in total. The lowest BCUT2D eigenvalue weighted by Crippen LogP contribution is -2.28. The van der Waals surface area contributed by atoms with Crippen molar-refractivity contribution < 1.29 is 4.79 Å². The second kappa shape index (κ2) is 5.17. The van der Waals surface area contributed by atoms with Crippen molar-refractivity contribution in [2.45, 2.75) is 19.8 Å². The number of carbonyl (C=O) groups is 1. The predicted octanol–water partition coefficient (Wildman–Crippen LogP) is 2.65. The third-order valence-corrected chi connectivity index (χ3v) is 3.26. The van der Waals surface area contributed by atoms with Crippen molar-refractivity contribution >= 4 is 5.91 Å². The Morgan fingerprint density at radius 1 is 1.29 bits per heavy atom. The molecule has 1 amide bonds. The molecule has 1 atom stereocenters. The number of likely N-dealkylation sites (N-methyl/N-ethyl adjacent to an activating group) is 1. The van der Waals surface area contributed by atoms with E-state index in [4.69, 9.17) is 0 Å². The van der Waals surface area contributed by atoms with E-state index in [0.717, 1.165) is 25.0 Å². The van der Waals surface area contributed by atoms with Gasteiger partial charge in [-0.25, -0.2) is 0 Å². The molecule has 0 N–H and O–H groups in total. The van der Waals surface area contributed by atoms with Gasteiger partial charge in [-0.15, -0.1) is 0 Å². The van der Waals surface area contributed by atoms with Gasteiger partial charge in [-0.3, -0.25) is 4.79 Å². The van der Waals surface area contributed by atoms with Crippen LogP contribution in [-0.4, -0.2) is 24.4 Å². The van der Waals surface area contributed by atoms with Gasteiger partial charge >= 0.3 is 0 Å². The number of amides is 1. The van der Waals surface area contributed by atoms with E-state index in [1.54, 1.807) is 0 Å². The maximum absolute atomic E-state index is 12.2. The summed E-state index contributed by atoms with van der Waals surface area (Å²) in [7, 11) is 1.89. The third-order valence-electron chi connectivity index (χ3n) is 3.26. The van der Waals surface area contributed by atoms with E-state index >= 15 is 0 Å². The van der Waals surface area contributed by atoms with Gasteiger partial charge < -0.3 is 4.90 Å². The predicted molar refractivity (Wildman–Crippen MR) is 69.6 cm³/mol. The molecular weight excluding hydrogens is 210 g/mol. The summed E-state index contributed by atoms with van der Waals surface area (Å²) in [5, 5.41) is 0. The zero-order valence-electron chi connectivity index (χ0n) is 10.5. The number of allylic oxidation sites excluding steroid dienone is 1. The second-order valence-corrected chi connectivity index (χ2v) is 4.85. The van der Waals surface area contributed by atoms with Crippen LogP contribution in [0.3, 0.4) is 0 Å². The zero-order valence-corrected chi connectivity index (χ0v) is 10.5. The lowest BCUT2D eigenvalue weighted by atomic mass is 10.00. The Labute approximate surface area is 103 Å². The van der Waals surface area contributed by atoms with Crippen molar-refractivity contribution in [1.29, 1.82) is 0 Å². The molecular formula is C15H19NO. The van der Waals surface area contributed by atoms with Gasteiger partial charge in [0.15, 0.2) is 0 Å². The van der Waals surface area contributed by atoms with Gasteiger partial charge in [0.1, 0.15) is 0 Å². The molecule has 0 bridgehead atoms. The van der Waals surface area contributed by atoms with Gasteiger partial charge in [0.2, 0.25) is 5.91 Å². The van der Waals surface area contributed by atoms with Gasteiger partial charge in [-0.2, -0.15) is 0 Å². The van der Waals surface area contributed by atoms with Crippen molar-refractivity contribution in [2.75, 3.05) is 13.6 Å². The van der Waals surface area contributed by atoms with Crippen LogP contribution >= 0.6 is 0 Å². The first-order valence-electron chi connectivity index (χ1n) is 6.17. The number of carbonyl (C=O) groups excluding carboxylic acids is 1. The summed E-state index contributed by atoms with van der Waals surface area (Å²) >= 11 is 0. The average Bonchev–Trinajstić information content (AvgIpc) is 2.45. The molecule has 1 aromatic carbocycles. The number of hydrogen-bond acceptors (Lipinski definition) is 1. The Morgan fingerprint density at radius 3 is 2.71 bits per heavy atom. The van der Waals surface area contributed by atoms with Gasteiger partial charge in [-0.1, -0.05) is 43.3 Å². The minimum Gasteiger partial charge on any atom is -0.342 e. The average molecular weight is 229 g/mol. The smallest absolute Gasteiger partial charge is 0.249 e. The molecule has 1 aromatic rings. The SMILES string of the molecule is CC1C=C(Cc2ccccc2)C(=O)N(C)CC1. The number of benzene rings is 1. The van der Waals surface area contributed by atoms with Crippen molar-refractivity contribution in [2.24, 2.45) is 5.92 Å². The Bertz CT molecular complexity index is 422. The van der Waals surface area contributed by atoms with Crippen LogP contribution in [0.15, 0.2) is 42.0 Å². The van der Waals surface area contributed by atoms with Crippen molar-refractivity contribution in [3.63, 3.8) is 0 Å². The molecule has 0 radical (unpaired) electrons. The molecule has 90 valence electrons. The van der Waals surface area contributed by atoms with Crippen molar-refractivity contribution in [1.82, 2.24) is 4.90 Å². The van der Waals surface area contributed by atoms with Gasteiger partial charge in [-0.05, 0) is 17.9 Å². The molecule has 0 saturated carbocycles. The highest BCUT2D eigenvalue weighted by Crippen LogP contribution is 2.19. The fourth-order valence-corrected chi connectivity index (χ4v) is 2.19. The summed E-state index contributed by atoms with van der Waals surface area (Å²) in [6, 6.07) is 10.2. The van der Waals surface area contributed by atoms with Crippen LogP contribution in [-0.2, 0) is 11.2 Å². The van der Waals surface area contributed by atoms with E-state index in [0.29, 0.717) is 5.92 Å². The molecule has 0 spiro atoms. The van der Waals surface area contributed by atoms with Gasteiger partial charge in [0.25, 0.3) is 0 Å². The highest BCUT2D eigenvalue weighted by molar-refractivity contribution is 5.94. The number of nitrogens with zero attached hydrogens (tertiary/aromatic N) is 1. The van der Waals surface area contributed by atoms with E-state index in [1.165, 1.54) is 5.56 Å². The first kappa shape index (κ1) is 11.9. The fourth-order valence-electron chi connectivity index (χ4n) is 2.19. The lowest BCUT2D eigenvalue weighted by Gasteiger charge is -2.16. The van der Waals surface area contributed by atoms with Crippen LogP contribution < -0.4 is 0 Å². The van der Waals surface area contributed by atoms with E-state index in [1.807, 2.05) is 30.1 Å². The molecule has 1 unspecified atom stereocenters. The third kappa shape index (κ3) is 2.96. The molecule has 1 aliphatic heterocycles. The maximum Gasteiger partial charge on any atom is 0.249 e. The molecule has 0 saturated heterocycles. The highest BCUT2D eigenvalue weighted by Gasteiger charge is 2.19. The summed E-state index contributed by atoms with van der Waals surface area (Å²) in [6.07, 6.45) is 3.94. The second-order valence-electron chi connectivity index (χ2n) is 4.85. The highest BCUT2D eigenvalue weighted by atomic mass is 16.2. The Hall–Kier alpha value is -1.57. The zero-order chi connectivity index (χ0) is 12.3. The normalized spacial score (nSPS) is 21.1. The minimum absolute atomic E-state index is 0.179. The van der Waals surface area contributed by atoms with E-state index in [-0.39, 0.29) is 5.91 Å². The molecule has 1 heterocycles. The summed E-state index contributed by atoms with van der Waals surface area (Å²) in [5.74, 6) is 0.667. The molecule has 1 aliphatic rings. The number of hydrogen-bond donors (Lipinski definition) is 0. The first-order valence-corrected chi connectivity index (χ1v) is 6.17. The van der Waals surface area contributed by atoms with Crippen LogP contribution in [0.25, 0.3) is 0 Å². The van der Waals surface area contributed by atoms with Crippen LogP contribution in [0, 0.1) is 5.92 Å². The van der Waals surface area contributed by atoms with Gasteiger partial charge in [0, 0.05) is 25.6 Å². The van der Waals surface area contributed by atoms with E-state index in [2.05, 4.69) is 25.1 Å². The molecule has 0 aliphatic carbocycles. The summed E-state index contributed by atoms with van der Waals surface area (Å²) < 4.78 is 0. The fraction of sp³-hybridized carbons (Fsp3) is 0.400. The summed E-state index contributed by atoms with van der Waals surface area (Å²) in [6.45, 7) is 3.03. The maximum atomic E-state index is 12.2. The largest absolute Gasteiger partial charge is 0.342 e. The van der Waals surface area contributed by atoms with Crippen LogP contribution in [0.1, 0.15) is 18.9 Å². The monoisotopic (exact) mass is 229 g/mol. The number of rotatable bonds is 2. The van der Waals surface area contributed by atoms with E-state index in [9.17, 15) is 4.79 Å². The van der Waals surface area contributed by atoms with Gasteiger partial charge in [0.05, 0.1) is 0 Å². The van der Waals surface area contributed by atoms with Crippen LogP contribution in [0.5, 0.6) is 0 Å². The summed E-state index contributed by atoms with van der Waals surface area (Å²) in [4.78, 5) is 14.0. The van der Waals surface area contributed by atoms with Crippen LogP contribution in [0.2, 0.25) is 0 Å². The molecule has 0 fully saturated rings. The summed E-state index contributed by atoms with van der Waals surface area (Å²) in [5.41, 5.74) is 2.14. The standard InChI is InChI=1S/C15H19NO/c1-12-8-9-16(2)15(17)14(10-12)11-13-6-4-3-5-7-13/h3-7,10,12H,8-9,11H2,1-2H3. The quantitative estimate of drug-likeness (QED) is 0.763. The topological polar surface area (TPSA) is 20.3 Å². The lowest BCUT2D eigenvalue weighted by molar-refractivity contribution is -0.125. The molecule has 2 heteroatoms. The Balaban J connectivity index is 2.20. The van der Waals surface area contributed by atoms with Crippen molar-refractivity contribution in [3.05, 3.63) is 47.5 Å². The minimum atomic E-state index is 0.179. The molecule has 2 rings (SSSR count). The Morgan fingerprint density at radius 2 is 2.00 bits per heavy atom. The van der Waals surface area contributed by atoms with Crippen LogP contribution in [0.4, 0.5) is 0 Å². The Kier molecular flexibility index (Phi) is 3.62. The molecule has 17 heavy (non-hydrogen) atoms. The van der Waals surface area contributed by atoms with Crippen molar-refractivity contribution in [3.8, 4) is 0 Å². The first-order chi connectivity index (χ1) is 8.16. The van der Waals surface area contributed by atoms with E-state index < -0.39 is 0 Å². The molecule has 0 aromatic heterocycles.